The number of hydrogen-bond donors (Lipinski definition) is 2. The molecule has 0 aliphatic rings. The van der Waals surface area contributed by atoms with Crippen molar-refractivity contribution in [2.75, 3.05) is 26.1 Å². The average Bonchev–Trinajstić information content (AvgIpc) is 2.11. The second-order valence-corrected chi connectivity index (χ2v) is 5.98. The Hall–Kier alpha value is -0.310. The Balaban J connectivity index is 4.48. The molecule has 0 heterocycles. The highest BCUT2D eigenvalue weighted by atomic mass is 32.2. The van der Waals surface area contributed by atoms with Gasteiger partial charge in [0.25, 0.3) is 10.2 Å². The van der Waals surface area contributed by atoms with Crippen molar-refractivity contribution in [2.45, 2.75) is 12.5 Å². The van der Waals surface area contributed by atoms with Crippen LogP contribution >= 0.6 is 11.8 Å². The van der Waals surface area contributed by atoms with E-state index >= 15 is 0 Å². The van der Waals surface area contributed by atoms with Crippen molar-refractivity contribution in [1.29, 1.82) is 0 Å². The molecule has 0 saturated carbocycles. The lowest BCUT2D eigenvalue weighted by molar-refractivity contribution is -0.139. The van der Waals surface area contributed by atoms with Crippen LogP contribution in [0.2, 0.25) is 0 Å². The molecule has 2 N–H and O–H groups in total. The third-order valence-corrected chi connectivity index (χ3v) is 3.87. The van der Waals surface area contributed by atoms with E-state index in [0.717, 1.165) is 4.31 Å². The zero-order valence-electron chi connectivity index (χ0n) is 8.93. The minimum atomic E-state index is -3.68. The summed E-state index contributed by atoms with van der Waals surface area (Å²) in [6, 6.07) is -1.06. The van der Waals surface area contributed by atoms with Crippen LogP contribution in [0.5, 0.6) is 0 Å². The number of carboxylic acids is 1. The number of nitrogens with zero attached hydrogens (tertiary/aromatic N) is 1. The van der Waals surface area contributed by atoms with Crippen LogP contribution in [-0.2, 0) is 15.0 Å². The molecule has 0 fully saturated rings. The van der Waals surface area contributed by atoms with Gasteiger partial charge in [-0.05, 0) is 18.4 Å². The lowest BCUT2D eigenvalue weighted by Crippen LogP contribution is -2.46. The van der Waals surface area contributed by atoms with Gasteiger partial charge in [0.05, 0.1) is 0 Å². The Morgan fingerprint density at radius 1 is 1.53 bits per heavy atom. The van der Waals surface area contributed by atoms with Gasteiger partial charge in [-0.3, -0.25) is 4.79 Å². The lowest BCUT2D eigenvalue weighted by atomic mass is 10.2. The molecule has 0 spiro atoms. The largest absolute Gasteiger partial charge is 0.480 e. The Morgan fingerprint density at radius 2 is 2.07 bits per heavy atom. The summed E-state index contributed by atoms with van der Waals surface area (Å²) in [4.78, 5) is 10.8. The molecule has 0 aliphatic carbocycles. The minimum Gasteiger partial charge on any atom is -0.480 e. The van der Waals surface area contributed by atoms with Gasteiger partial charge in [-0.2, -0.15) is 29.2 Å². The molecular formula is C7H16N2O4S2. The highest BCUT2D eigenvalue weighted by molar-refractivity contribution is 7.98. The molecule has 0 unspecified atom stereocenters. The number of nitrogens with one attached hydrogen (secondary N) is 1. The van der Waals surface area contributed by atoms with Crippen LogP contribution < -0.4 is 4.72 Å². The number of thioether (sulfide) groups is 1. The maximum atomic E-state index is 11.4. The Morgan fingerprint density at radius 3 is 2.40 bits per heavy atom. The summed E-state index contributed by atoms with van der Waals surface area (Å²) in [6.45, 7) is 0. The molecule has 6 nitrogen and oxygen atoms in total. The van der Waals surface area contributed by atoms with Crippen LogP contribution in [0.15, 0.2) is 0 Å². The number of aliphatic carboxylic acids is 1. The fourth-order valence-corrected chi connectivity index (χ4v) is 2.01. The molecule has 1 atom stereocenters. The molecule has 0 amide bonds. The van der Waals surface area contributed by atoms with E-state index in [1.165, 1.54) is 25.9 Å². The van der Waals surface area contributed by atoms with Crippen LogP contribution in [0.1, 0.15) is 6.42 Å². The van der Waals surface area contributed by atoms with Gasteiger partial charge in [-0.25, -0.2) is 0 Å². The number of carbonyl (C=O) groups is 1. The van der Waals surface area contributed by atoms with Gasteiger partial charge in [0.1, 0.15) is 6.04 Å². The van der Waals surface area contributed by atoms with Crippen LogP contribution in [0.4, 0.5) is 0 Å². The molecule has 0 aromatic carbocycles. The van der Waals surface area contributed by atoms with E-state index in [1.807, 2.05) is 6.26 Å². The van der Waals surface area contributed by atoms with Gasteiger partial charge in [-0.15, -0.1) is 0 Å². The molecule has 0 radical (unpaired) electrons. The maximum absolute atomic E-state index is 11.4. The predicted octanol–water partition coefficient (Wildman–Crippen LogP) is -0.411. The quantitative estimate of drug-likeness (QED) is 0.646. The summed E-state index contributed by atoms with van der Waals surface area (Å²) in [5.41, 5.74) is 0. The monoisotopic (exact) mass is 256 g/mol. The molecular weight excluding hydrogens is 240 g/mol. The van der Waals surface area contributed by atoms with E-state index in [1.54, 1.807) is 0 Å². The topological polar surface area (TPSA) is 86.7 Å². The predicted molar refractivity (Wildman–Crippen MR) is 60.2 cm³/mol. The van der Waals surface area contributed by atoms with Gasteiger partial charge < -0.3 is 5.11 Å². The van der Waals surface area contributed by atoms with E-state index in [-0.39, 0.29) is 6.42 Å². The maximum Gasteiger partial charge on any atom is 0.321 e. The molecule has 90 valence electrons. The zero-order chi connectivity index (χ0) is 12.1. The molecule has 0 aromatic rings. The summed E-state index contributed by atoms with van der Waals surface area (Å²) in [5, 5.41) is 8.79. The SMILES string of the molecule is CSCC[C@@H](NS(=O)(=O)N(C)C)C(=O)O. The Labute approximate surface area is 94.2 Å². The molecule has 0 aromatic heterocycles. The van der Waals surface area contributed by atoms with Crippen LogP contribution in [-0.4, -0.2) is 55.9 Å². The highest BCUT2D eigenvalue weighted by Crippen LogP contribution is 2.03. The Bertz CT molecular complexity index is 302. The molecule has 0 aliphatic heterocycles. The van der Waals surface area contributed by atoms with Gasteiger partial charge in [0.15, 0.2) is 0 Å². The molecule has 8 heteroatoms. The number of carboxylic acid groups (broad SMARTS) is 1. The second kappa shape index (κ2) is 6.31. The van der Waals surface area contributed by atoms with Crippen molar-refractivity contribution >= 4 is 27.9 Å². The van der Waals surface area contributed by atoms with Crippen molar-refractivity contribution in [1.82, 2.24) is 9.03 Å². The summed E-state index contributed by atoms with van der Waals surface area (Å²) >= 11 is 1.47. The Kier molecular flexibility index (Phi) is 6.18. The highest BCUT2D eigenvalue weighted by Gasteiger charge is 2.24. The lowest BCUT2D eigenvalue weighted by Gasteiger charge is -2.17. The first kappa shape index (κ1) is 14.7. The van der Waals surface area contributed by atoms with E-state index in [0.29, 0.717) is 5.75 Å². The fourth-order valence-electron chi connectivity index (χ4n) is 0.754. The minimum absolute atomic E-state index is 0.267. The third kappa shape index (κ3) is 5.36. The van der Waals surface area contributed by atoms with Crippen molar-refractivity contribution in [3.63, 3.8) is 0 Å². The normalized spacial score (nSPS) is 14.1. The molecule has 0 saturated heterocycles. The number of rotatable bonds is 7. The average molecular weight is 256 g/mol. The summed E-state index contributed by atoms with van der Waals surface area (Å²) in [5.74, 6) is -0.568. The van der Waals surface area contributed by atoms with Crippen molar-refractivity contribution < 1.29 is 18.3 Å². The van der Waals surface area contributed by atoms with Crippen molar-refractivity contribution in [2.24, 2.45) is 0 Å². The first-order valence-corrected chi connectivity index (χ1v) is 7.06. The van der Waals surface area contributed by atoms with Crippen LogP contribution in [0.3, 0.4) is 0 Å². The van der Waals surface area contributed by atoms with Crippen molar-refractivity contribution in [3.05, 3.63) is 0 Å². The van der Waals surface area contributed by atoms with Gasteiger partial charge in [-0.1, -0.05) is 0 Å². The smallest absolute Gasteiger partial charge is 0.321 e. The van der Waals surface area contributed by atoms with Gasteiger partial charge >= 0.3 is 5.97 Å². The molecule has 0 bridgehead atoms. The van der Waals surface area contributed by atoms with Crippen LogP contribution in [0, 0.1) is 0 Å². The van der Waals surface area contributed by atoms with E-state index in [2.05, 4.69) is 4.72 Å². The third-order valence-electron chi connectivity index (χ3n) is 1.68. The zero-order valence-corrected chi connectivity index (χ0v) is 10.6. The van der Waals surface area contributed by atoms with Gasteiger partial charge in [0, 0.05) is 14.1 Å². The summed E-state index contributed by atoms with van der Waals surface area (Å²) < 4.78 is 25.8. The van der Waals surface area contributed by atoms with E-state index in [9.17, 15) is 13.2 Å². The standard InChI is InChI=1S/C7H16N2O4S2/c1-9(2)15(12,13)8-6(7(10)11)4-5-14-3/h6,8H,4-5H2,1-3H3,(H,10,11)/t6-/m1/s1. The number of hydrogen-bond acceptors (Lipinski definition) is 4. The van der Waals surface area contributed by atoms with E-state index in [4.69, 9.17) is 5.11 Å². The van der Waals surface area contributed by atoms with Gasteiger partial charge in [0.2, 0.25) is 0 Å². The summed E-state index contributed by atoms with van der Waals surface area (Å²) in [7, 11) is -0.993. The fraction of sp³-hybridized carbons (Fsp3) is 0.857. The first-order valence-electron chi connectivity index (χ1n) is 4.22. The summed E-state index contributed by atoms with van der Waals surface area (Å²) in [6.07, 6.45) is 2.10. The van der Waals surface area contributed by atoms with Crippen molar-refractivity contribution in [3.8, 4) is 0 Å². The molecule has 0 rings (SSSR count). The van der Waals surface area contributed by atoms with Crippen LogP contribution in [0.25, 0.3) is 0 Å². The van der Waals surface area contributed by atoms with E-state index < -0.39 is 22.2 Å². The molecule has 15 heavy (non-hydrogen) atoms. The first-order chi connectivity index (χ1) is 6.81. The second-order valence-electron chi connectivity index (χ2n) is 3.08.